The van der Waals surface area contributed by atoms with Crippen LogP contribution in [0.3, 0.4) is 0 Å². The summed E-state index contributed by atoms with van der Waals surface area (Å²) in [6.45, 7) is 1.76. The SMILES string of the molecule is Cc1ccc2ncc(CO)c(O)c2c1. The Hall–Kier alpha value is -1.61. The summed E-state index contributed by atoms with van der Waals surface area (Å²) in [5.74, 6) is 0.126. The minimum absolute atomic E-state index is 0.126. The number of aliphatic hydroxyl groups excluding tert-OH is 1. The van der Waals surface area contributed by atoms with Crippen LogP contribution in [0.25, 0.3) is 10.9 Å². The number of rotatable bonds is 1. The van der Waals surface area contributed by atoms with E-state index in [9.17, 15) is 5.11 Å². The van der Waals surface area contributed by atoms with E-state index in [1.165, 1.54) is 6.20 Å². The van der Waals surface area contributed by atoms with Gasteiger partial charge >= 0.3 is 0 Å². The molecule has 0 saturated carbocycles. The molecule has 0 saturated heterocycles. The summed E-state index contributed by atoms with van der Waals surface area (Å²) in [5, 5.41) is 19.4. The van der Waals surface area contributed by atoms with Gasteiger partial charge < -0.3 is 10.2 Å². The zero-order valence-corrected chi connectivity index (χ0v) is 7.86. The maximum Gasteiger partial charge on any atom is 0.132 e. The van der Waals surface area contributed by atoms with Crippen LogP contribution >= 0.6 is 0 Å². The third-order valence-electron chi connectivity index (χ3n) is 2.24. The molecule has 1 aromatic heterocycles. The molecular formula is C11H11NO2. The number of aromatic nitrogens is 1. The number of aryl methyl sites for hydroxylation is 1. The normalized spacial score (nSPS) is 10.7. The van der Waals surface area contributed by atoms with Crippen molar-refractivity contribution < 1.29 is 10.2 Å². The number of nitrogens with zero attached hydrogens (tertiary/aromatic N) is 1. The summed E-state index contributed by atoms with van der Waals surface area (Å²) in [6.07, 6.45) is 1.49. The van der Waals surface area contributed by atoms with Gasteiger partial charge in [0, 0.05) is 17.1 Å². The molecule has 0 amide bonds. The Labute approximate surface area is 81.7 Å². The van der Waals surface area contributed by atoms with Crippen LogP contribution in [0.5, 0.6) is 5.75 Å². The molecule has 72 valence electrons. The maximum absolute atomic E-state index is 9.77. The zero-order chi connectivity index (χ0) is 10.1. The third kappa shape index (κ3) is 1.32. The predicted octanol–water partition coefficient (Wildman–Crippen LogP) is 1.74. The molecule has 3 heteroatoms. The number of aromatic hydroxyl groups is 1. The van der Waals surface area contributed by atoms with Crippen molar-refractivity contribution >= 4 is 10.9 Å². The Morgan fingerprint density at radius 2 is 2.14 bits per heavy atom. The first-order valence-corrected chi connectivity index (χ1v) is 4.40. The van der Waals surface area contributed by atoms with Crippen LogP contribution in [-0.2, 0) is 6.61 Å². The average molecular weight is 189 g/mol. The van der Waals surface area contributed by atoms with Crippen LogP contribution in [0.4, 0.5) is 0 Å². The molecule has 1 aromatic carbocycles. The molecule has 0 aliphatic carbocycles. The molecule has 0 bridgehead atoms. The van der Waals surface area contributed by atoms with Crippen molar-refractivity contribution in [1.82, 2.24) is 4.98 Å². The Kier molecular flexibility index (Phi) is 2.09. The highest BCUT2D eigenvalue weighted by Crippen LogP contribution is 2.27. The van der Waals surface area contributed by atoms with Crippen molar-refractivity contribution in [3.63, 3.8) is 0 Å². The summed E-state index contributed by atoms with van der Waals surface area (Å²) in [5.41, 5.74) is 2.26. The maximum atomic E-state index is 9.77. The van der Waals surface area contributed by atoms with Gasteiger partial charge in [0.15, 0.2) is 0 Å². The lowest BCUT2D eigenvalue weighted by Gasteiger charge is -2.05. The van der Waals surface area contributed by atoms with Gasteiger partial charge in [-0.1, -0.05) is 11.6 Å². The molecule has 0 radical (unpaired) electrons. The monoisotopic (exact) mass is 189 g/mol. The molecular weight excluding hydrogens is 178 g/mol. The van der Waals surface area contributed by atoms with Crippen LogP contribution in [0, 0.1) is 6.92 Å². The van der Waals surface area contributed by atoms with Gasteiger partial charge in [0.2, 0.25) is 0 Å². The lowest BCUT2D eigenvalue weighted by molar-refractivity contribution is 0.275. The van der Waals surface area contributed by atoms with E-state index in [4.69, 9.17) is 5.11 Å². The summed E-state index contributed by atoms with van der Waals surface area (Å²) in [4.78, 5) is 4.13. The van der Waals surface area contributed by atoms with Gasteiger partial charge in [-0.25, -0.2) is 0 Å². The van der Waals surface area contributed by atoms with E-state index in [2.05, 4.69) is 4.98 Å². The van der Waals surface area contributed by atoms with Crippen molar-refractivity contribution in [3.05, 3.63) is 35.5 Å². The summed E-state index contributed by atoms with van der Waals surface area (Å²) in [6, 6.07) is 5.65. The molecule has 2 rings (SSSR count). The summed E-state index contributed by atoms with van der Waals surface area (Å²) < 4.78 is 0. The molecule has 3 nitrogen and oxygen atoms in total. The third-order valence-corrected chi connectivity index (χ3v) is 2.24. The first-order chi connectivity index (χ1) is 6.72. The first-order valence-electron chi connectivity index (χ1n) is 4.40. The van der Waals surface area contributed by atoms with Crippen LogP contribution in [0.15, 0.2) is 24.4 Å². The van der Waals surface area contributed by atoms with Crippen LogP contribution in [0.1, 0.15) is 11.1 Å². The van der Waals surface area contributed by atoms with E-state index in [1.807, 2.05) is 25.1 Å². The Bertz CT molecular complexity index is 480. The van der Waals surface area contributed by atoms with Gasteiger partial charge in [0.1, 0.15) is 5.75 Å². The van der Waals surface area contributed by atoms with Gasteiger partial charge in [-0.05, 0) is 19.1 Å². The predicted molar refractivity (Wildman–Crippen MR) is 54.1 cm³/mol. The zero-order valence-electron chi connectivity index (χ0n) is 7.86. The van der Waals surface area contributed by atoms with E-state index in [0.717, 1.165) is 11.1 Å². The van der Waals surface area contributed by atoms with E-state index in [-0.39, 0.29) is 12.4 Å². The fourth-order valence-corrected chi connectivity index (χ4v) is 1.45. The average Bonchev–Trinajstić information content (AvgIpc) is 2.20. The highest BCUT2D eigenvalue weighted by Gasteiger charge is 2.06. The molecule has 1 heterocycles. The fourth-order valence-electron chi connectivity index (χ4n) is 1.45. The molecule has 2 aromatic rings. The summed E-state index contributed by atoms with van der Waals surface area (Å²) >= 11 is 0. The van der Waals surface area contributed by atoms with E-state index in [0.29, 0.717) is 10.9 Å². The van der Waals surface area contributed by atoms with Gasteiger partial charge in [-0.2, -0.15) is 0 Å². The smallest absolute Gasteiger partial charge is 0.132 e. The Balaban J connectivity index is 2.79. The number of pyridine rings is 1. The largest absolute Gasteiger partial charge is 0.507 e. The summed E-state index contributed by atoms with van der Waals surface area (Å²) in [7, 11) is 0. The quantitative estimate of drug-likeness (QED) is 0.718. The first kappa shape index (κ1) is 8.97. The van der Waals surface area contributed by atoms with Crippen LogP contribution in [-0.4, -0.2) is 15.2 Å². The van der Waals surface area contributed by atoms with Gasteiger partial charge in [-0.15, -0.1) is 0 Å². The van der Waals surface area contributed by atoms with Crippen molar-refractivity contribution in [2.75, 3.05) is 0 Å². The second-order valence-corrected chi connectivity index (χ2v) is 3.31. The number of hydrogen-bond donors (Lipinski definition) is 2. The number of fused-ring (bicyclic) bond motifs is 1. The standard InChI is InChI=1S/C11H11NO2/c1-7-2-3-10-9(4-7)11(14)8(6-13)5-12-10/h2-5,13H,6H2,1H3,(H,12,14). The lowest BCUT2D eigenvalue weighted by atomic mass is 10.1. The molecule has 0 spiro atoms. The topological polar surface area (TPSA) is 53.4 Å². The molecule has 0 aliphatic heterocycles. The molecule has 0 fully saturated rings. The molecule has 14 heavy (non-hydrogen) atoms. The van der Waals surface area contributed by atoms with Crippen molar-refractivity contribution in [3.8, 4) is 5.75 Å². The second-order valence-electron chi connectivity index (χ2n) is 3.31. The van der Waals surface area contributed by atoms with Crippen molar-refractivity contribution in [2.24, 2.45) is 0 Å². The van der Waals surface area contributed by atoms with Crippen molar-refractivity contribution in [2.45, 2.75) is 13.5 Å². The minimum Gasteiger partial charge on any atom is -0.507 e. The molecule has 0 atom stereocenters. The lowest BCUT2D eigenvalue weighted by Crippen LogP contribution is -1.89. The van der Waals surface area contributed by atoms with E-state index in [1.54, 1.807) is 0 Å². The Morgan fingerprint density at radius 1 is 1.36 bits per heavy atom. The van der Waals surface area contributed by atoms with E-state index < -0.39 is 0 Å². The number of aliphatic hydroxyl groups is 1. The second kappa shape index (κ2) is 3.27. The highest BCUT2D eigenvalue weighted by molar-refractivity contribution is 5.86. The van der Waals surface area contributed by atoms with Gasteiger partial charge in [-0.3, -0.25) is 4.98 Å². The number of hydrogen-bond acceptors (Lipinski definition) is 3. The van der Waals surface area contributed by atoms with Crippen molar-refractivity contribution in [1.29, 1.82) is 0 Å². The molecule has 0 unspecified atom stereocenters. The Morgan fingerprint density at radius 3 is 2.86 bits per heavy atom. The highest BCUT2D eigenvalue weighted by atomic mass is 16.3. The number of benzene rings is 1. The van der Waals surface area contributed by atoms with E-state index >= 15 is 0 Å². The molecule has 2 N–H and O–H groups in total. The molecule has 0 aliphatic rings. The minimum atomic E-state index is -0.192. The fraction of sp³-hybridized carbons (Fsp3) is 0.182. The van der Waals surface area contributed by atoms with Crippen LogP contribution < -0.4 is 0 Å². The van der Waals surface area contributed by atoms with Gasteiger partial charge in [0.05, 0.1) is 12.1 Å². The van der Waals surface area contributed by atoms with Gasteiger partial charge in [0.25, 0.3) is 0 Å². The van der Waals surface area contributed by atoms with Crippen LogP contribution in [0.2, 0.25) is 0 Å².